The van der Waals surface area contributed by atoms with Crippen LogP contribution in [0.25, 0.3) is 0 Å². The lowest BCUT2D eigenvalue weighted by atomic mass is 9.81. The number of likely N-dealkylation sites (tertiary alicyclic amines) is 1. The molecule has 1 saturated heterocycles. The molecule has 3 aliphatic heterocycles. The Bertz CT molecular complexity index is 1540. The summed E-state index contributed by atoms with van der Waals surface area (Å²) in [6, 6.07) is 14.7. The van der Waals surface area contributed by atoms with Gasteiger partial charge >= 0.3 is 0 Å². The van der Waals surface area contributed by atoms with E-state index in [9.17, 15) is 14.4 Å². The first-order chi connectivity index (χ1) is 21.2. The second kappa shape index (κ2) is 13.0. The smallest absolute Gasteiger partial charge is 0.263 e. The number of nitrogens with zero attached hydrogens (tertiary/aromatic N) is 5. The van der Waals surface area contributed by atoms with Crippen LogP contribution in [0.1, 0.15) is 64.6 Å². The molecule has 0 spiro atoms. The maximum absolute atomic E-state index is 14.4. The number of hydrogen-bond acceptors (Lipinski definition) is 6. The fraction of sp³-hybridized carbons (Fsp3) is 0.471. The van der Waals surface area contributed by atoms with Gasteiger partial charge in [-0.1, -0.05) is 61.3 Å². The number of allylic oxidation sites excluding steroid dienone is 1. The van der Waals surface area contributed by atoms with Crippen molar-refractivity contribution in [1.82, 2.24) is 19.6 Å². The van der Waals surface area contributed by atoms with Crippen LogP contribution in [0.3, 0.4) is 0 Å². The Labute approximate surface area is 280 Å². The highest BCUT2D eigenvalue weighted by Gasteiger charge is 2.54. The van der Waals surface area contributed by atoms with Crippen molar-refractivity contribution in [1.29, 1.82) is 0 Å². The van der Waals surface area contributed by atoms with Gasteiger partial charge in [0, 0.05) is 55.9 Å². The minimum Gasteiger partial charge on any atom is -0.342 e. The van der Waals surface area contributed by atoms with Gasteiger partial charge in [-0.15, -0.1) is 0 Å². The van der Waals surface area contributed by atoms with E-state index in [1.165, 1.54) is 18.7 Å². The van der Waals surface area contributed by atoms with E-state index in [0.717, 1.165) is 28.4 Å². The predicted molar refractivity (Wildman–Crippen MR) is 182 cm³/mol. The highest BCUT2D eigenvalue weighted by molar-refractivity contribution is 8.18. The van der Waals surface area contributed by atoms with Gasteiger partial charge in [0.25, 0.3) is 5.91 Å². The Morgan fingerprint density at radius 2 is 1.62 bits per heavy atom. The largest absolute Gasteiger partial charge is 0.342 e. The van der Waals surface area contributed by atoms with E-state index >= 15 is 0 Å². The van der Waals surface area contributed by atoms with E-state index in [-0.39, 0.29) is 35.7 Å². The molecule has 0 aromatic heterocycles. The van der Waals surface area contributed by atoms with E-state index in [2.05, 4.69) is 25.7 Å². The predicted octanol–water partition coefficient (Wildman–Crippen LogP) is 6.55. The number of thioether (sulfide) groups is 1. The topological polar surface area (TPSA) is 76.5 Å². The zero-order valence-corrected chi connectivity index (χ0v) is 29.2. The van der Waals surface area contributed by atoms with Crippen molar-refractivity contribution in [2.24, 2.45) is 10.9 Å². The summed E-state index contributed by atoms with van der Waals surface area (Å²) in [5.74, 6) is -0.289. The maximum atomic E-state index is 14.4. The molecule has 11 heteroatoms. The van der Waals surface area contributed by atoms with Crippen molar-refractivity contribution in [3.8, 4) is 0 Å². The number of amidine groups is 1. The van der Waals surface area contributed by atoms with E-state index < -0.39 is 11.6 Å². The van der Waals surface area contributed by atoms with Crippen molar-refractivity contribution >= 4 is 57.9 Å². The number of carbonyl (C=O) groups is 3. The molecular formula is C34H41Cl2N5O3S. The lowest BCUT2D eigenvalue weighted by molar-refractivity contribution is -0.142. The van der Waals surface area contributed by atoms with Crippen molar-refractivity contribution < 1.29 is 14.4 Å². The van der Waals surface area contributed by atoms with Gasteiger partial charge in [-0.05, 0) is 79.8 Å². The number of halogens is 2. The third-order valence-corrected chi connectivity index (χ3v) is 10.8. The van der Waals surface area contributed by atoms with Crippen LogP contribution in [-0.4, -0.2) is 81.8 Å². The monoisotopic (exact) mass is 669 g/mol. The SMILES string of the molecule is CC(=O)N(C)[C@@H](C)CN(C)C(=O)[C@@H]1CCCN1C(=O)C1=C(C(C)C)N2C(=N[C@@](C)(c3ccc(Cl)cc3)[C@H]2c2ccc(Cl)cc2)S1. The lowest BCUT2D eigenvalue weighted by Crippen LogP contribution is -2.50. The van der Waals surface area contributed by atoms with Crippen LogP contribution in [0.5, 0.6) is 0 Å². The molecule has 0 radical (unpaired) electrons. The molecule has 0 unspecified atom stereocenters. The highest BCUT2D eigenvalue weighted by Crippen LogP contribution is 2.56. The van der Waals surface area contributed by atoms with Crippen LogP contribution in [0.2, 0.25) is 10.0 Å². The van der Waals surface area contributed by atoms with E-state index in [4.69, 9.17) is 28.2 Å². The number of likely N-dealkylation sites (N-methyl/N-ethyl adjacent to an activating group) is 2. The molecule has 0 saturated carbocycles. The quantitative estimate of drug-likeness (QED) is 0.319. The van der Waals surface area contributed by atoms with Gasteiger partial charge in [-0.3, -0.25) is 14.4 Å². The van der Waals surface area contributed by atoms with E-state index in [1.807, 2.05) is 55.5 Å². The first-order valence-electron chi connectivity index (χ1n) is 15.4. The summed E-state index contributed by atoms with van der Waals surface area (Å²) >= 11 is 14.0. The molecular weight excluding hydrogens is 629 g/mol. The summed E-state index contributed by atoms with van der Waals surface area (Å²) < 4.78 is 0. The highest BCUT2D eigenvalue weighted by atomic mass is 35.5. The third-order valence-electron chi connectivity index (χ3n) is 9.24. The number of carbonyl (C=O) groups excluding carboxylic acids is 3. The minimum absolute atomic E-state index is 0.00825. The Hall–Kier alpha value is -3.01. The van der Waals surface area contributed by atoms with Gasteiger partial charge in [-0.2, -0.15) is 0 Å². The summed E-state index contributed by atoms with van der Waals surface area (Å²) in [4.78, 5) is 53.1. The second-order valence-electron chi connectivity index (χ2n) is 12.7. The first kappa shape index (κ1) is 33.4. The van der Waals surface area contributed by atoms with Crippen LogP contribution in [0, 0.1) is 5.92 Å². The molecule has 0 aliphatic carbocycles. The zero-order chi connectivity index (χ0) is 32.8. The van der Waals surface area contributed by atoms with Gasteiger partial charge < -0.3 is 19.6 Å². The van der Waals surface area contributed by atoms with Crippen LogP contribution >= 0.6 is 35.0 Å². The number of rotatable bonds is 8. The molecule has 3 amide bonds. The van der Waals surface area contributed by atoms with Crippen LogP contribution in [-0.2, 0) is 19.9 Å². The average molecular weight is 671 g/mol. The standard InChI is InChI=1S/C34H41Cl2N5O3S/c1-20(2)28-29(32(44)40-18-8-9-27(40)31(43)38(6)19-21(3)39(7)22(4)42)45-33-37-34(5,24-12-16-26(36)17-13-24)30(41(28)33)23-10-14-25(35)15-11-23/h10-17,20-21,27,30H,8-9,18-19H2,1-7H3/t21-,27-,30+,34-/m0/s1. The van der Waals surface area contributed by atoms with Gasteiger partial charge in [0.15, 0.2) is 5.17 Å². The van der Waals surface area contributed by atoms with E-state index in [1.54, 1.807) is 28.8 Å². The van der Waals surface area contributed by atoms with Gasteiger partial charge in [0.2, 0.25) is 11.8 Å². The molecule has 2 aromatic carbocycles. The molecule has 3 heterocycles. The maximum Gasteiger partial charge on any atom is 0.263 e. The molecule has 2 aromatic rings. The molecule has 5 rings (SSSR count). The van der Waals surface area contributed by atoms with Crippen LogP contribution in [0.4, 0.5) is 0 Å². The first-order valence-corrected chi connectivity index (χ1v) is 16.9. The summed E-state index contributed by atoms with van der Waals surface area (Å²) in [7, 11) is 3.48. The Kier molecular flexibility index (Phi) is 9.64. The number of aliphatic imine (C=N–C) groups is 1. The minimum atomic E-state index is -0.659. The molecule has 1 fully saturated rings. The summed E-state index contributed by atoms with van der Waals surface area (Å²) in [5.41, 5.74) is 2.30. The Morgan fingerprint density at radius 1 is 1.02 bits per heavy atom. The van der Waals surface area contributed by atoms with Gasteiger partial charge in [0.05, 0.1) is 6.04 Å². The summed E-state index contributed by atoms with van der Waals surface area (Å²) in [6.07, 6.45) is 1.36. The fourth-order valence-electron chi connectivity index (χ4n) is 6.64. The van der Waals surface area contributed by atoms with Gasteiger partial charge in [-0.25, -0.2) is 4.99 Å². The molecule has 240 valence electrons. The molecule has 0 N–H and O–H groups in total. The van der Waals surface area contributed by atoms with Crippen molar-refractivity contribution in [3.63, 3.8) is 0 Å². The molecule has 3 aliphatic rings. The number of fused-ring (bicyclic) bond motifs is 1. The number of hydrogen-bond donors (Lipinski definition) is 0. The molecule has 45 heavy (non-hydrogen) atoms. The zero-order valence-electron chi connectivity index (χ0n) is 26.9. The Morgan fingerprint density at radius 3 is 2.20 bits per heavy atom. The molecule has 4 atom stereocenters. The summed E-state index contributed by atoms with van der Waals surface area (Å²) in [6.45, 7) is 10.6. The van der Waals surface area contributed by atoms with Gasteiger partial charge in [0.1, 0.15) is 16.5 Å². The van der Waals surface area contributed by atoms with Crippen LogP contribution in [0.15, 0.2) is 64.1 Å². The van der Waals surface area contributed by atoms with Crippen molar-refractivity contribution in [2.45, 2.75) is 71.1 Å². The molecule has 0 bridgehead atoms. The number of benzene rings is 2. The van der Waals surface area contributed by atoms with Crippen molar-refractivity contribution in [3.05, 3.63) is 80.3 Å². The summed E-state index contributed by atoms with van der Waals surface area (Å²) in [5, 5.41) is 2.07. The second-order valence-corrected chi connectivity index (χ2v) is 14.5. The normalized spacial score (nSPS) is 23.4. The van der Waals surface area contributed by atoms with Crippen molar-refractivity contribution in [2.75, 3.05) is 27.2 Å². The number of amides is 3. The van der Waals surface area contributed by atoms with E-state index in [0.29, 0.717) is 34.5 Å². The fourth-order valence-corrected chi connectivity index (χ4v) is 8.25. The third kappa shape index (κ3) is 6.23. The van der Waals surface area contributed by atoms with Crippen LogP contribution < -0.4 is 0 Å². The average Bonchev–Trinajstić information content (AvgIpc) is 3.69. The molecule has 8 nitrogen and oxygen atoms in total. The lowest BCUT2D eigenvalue weighted by Gasteiger charge is -2.37. The Balaban J connectivity index is 1.49.